The summed E-state index contributed by atoms with van der Waals surface area (Å²) in [4.78, 5) is 11.0. The molecule has 1 unspecified atom stereocenters. The summed E-state index contributed by atoms with van der Waals surface area (Å²) in [5.41, 5.74) is 2.14. The second-order valence-corrected chi connectivity index (χ2v) is 3.50. The van der Waals surface area contributed by atoms with Crippen molar-refractivity contribution >= 4 is 17.4 Å². The molecule has 1 nitrogen and oxygen atoms in total. The first-order valence-electron chi connectivity index (χ1n) is 4.38. The molecule has 0 aromatic heterocycles. The minimum absolute atomic E-state index is 0.00841. The third kappa shape index (κ3) is 2.56. The summed E-state index contributed by atoms with van der Waals surface area (Å²) < 4.78 is 0. The van der Waals surface area contributed by atoms with E-state index < -0.39 is 5.38 Å². The number of rotatable bonds is 3. The van der Waals surface area contributed by atoms with Crippen LogP contribution in [-0.2, 0) is 11.2 Å². The largest absolute Gasteiger partial charge is 0.298 e. The SMILES string of the molecule is CCc1ccc(C(Cl)C(C)=O)cc1. The van der Waals surface area contributed by atoms with Crippen molar-refractivity contribution in [2.24, 2.45) is 0 Å². The van der Waals surface area contributed by atoms with Gasteiger partial charge in [-0.15, -0.1) is 11.6 Å². The number of benzene rings is 1. The fraction of sp³-hybridized carbons (Fsp3) is 0.364. The molecule has 0 heterocycles. The molecule has 0 amide bonds. The number of alkyl halides is 1. The van der Waals surface area contributed by atoms with Crippen molar-refractivity contribution in [3.8, 4) is 0 Å². The molecule has 0 N–H and O–H groups in total. The van der Waals surface area contributed by atoms with Gasteiger partial charge in [0, 0.05) is 0 Å². The summed E-state index contributed by atoms with van der Waals surface area (Å²) in [5.74, 6) is -0.00841. The fourth-order valence-corrected chi connectivity index (χ4v) is 1.30. The van der Waals surface area contributed by atoms with Gasteiger partial charge in [-0.05, 0) is 24.5 Å². The van der Waals surface area contributed by atoms with Crippen molar-refractivity contribution in [1.82, 2.24) is 0 Å². The molecule has 0 radical (unpaired) electrons. The highest BCUT2D eigenvalue weighted by molar-refractivity contribution is 6.30. The zero-order valence-corrected chi connectivity index (χ0v) is 8.64. The number of halogens is 1. The van der Waals surface area contributed by atoms with Crippen molar-refractivity contribution in [2.75, 3.05) is 0 Å². The molecule has 0 aliphatic rings. The van der Waals surface area contributed by atoms with E-state index in [1.165, 1.54) is 12.5 Å². The first-order chi connectivity index (χ1) is 6.15. The van der Waals surface area contributed by atoms with E-state index in [4.69, 9.17) is 11.6 Å². The molecule has 0 saturated carbocycles. The van der Waals surface area contributed by atoms with Gasteiger partial charge in [0.15, 0.2) is 5.78 Å². The van der Waals surface area contributed by atoms with E-state index in [0.717, 1.165) is 12.0 Å². The Labute approximate surface area is 83.7 Å². The van der Waals surface area contributed by atoms with Crippen LogP contribution in [0.1, 0.15) is 30.4 Å². The van der Waals surface area contributed by atoms with Crippen LogP contribution in [0.3, 0.4) is 0 Å². The monoisotopic (exact) mass is 196 g/mol. The summed E-state index contributed by atoms with van der Waals surface area (Å²) in [5, 5.41) is -0.495. The highest BCUT2D eigenvalue weighted by atomic mass is 35.5. The number of carbonyl (C=O) groups is 1. The second kappa shape index (κ2) is 4.43. The minimum Gasteiger partial charge on any atom is -0.298 e. The van der Waals surface area contributed by atoms with E-state index >= 15 is 0 Å². The van der Waals surface area contributed by atoms with Crippen LogP contribution in [0.2, 0.25) is 0 Å². The Balaban J connectivity index is 2.85. The summed E-state index contributed by atoms with van der Waals surface area (Å²) in [7, 11) is 0. The lowest BCUT2D eigenvalue weighted by molar-refractivity contribution is -0.116. The molecule has 0 spiro atoms. The van der Waals surface area contributed by atoms with Crippen LogP contribution < -0.4 is 0 Å². The number of carbonyl (C=O) groups excluding carboxylic acids is 1. The smallest absolute Gasteiger partial charge is 0.152 e. The van der Waals surface area contributed by atoms with Gasteiger partial charge >= 0.3 is 0 Å². The lowest BCUT2D eigenvalue weighted by Gasteiger charge is -2.05. The molecule has 1 rings (SSSR count). The molecule has 70 valence electrons. The third-order valence-corrected chi connectivity index (χ3v) is 2.60. The average molecular weight is 197 g/mol. The van der Waals surface area contributed by atoms with Crippen LogP contribution in [-0.4, -0.2) is 5.78 Å². The topological polar surface area (TPSA) is 17.1 Å². The first-order valence-corrected chi connectivity index (χ1v) is 4.82. The van der Waals surface area contributed by atoms with Gasteiger partial charge in [0.2, 0.25) is 0 Å². The van der Waals surface area contributed by atoms with E-state index in [0.29, 0.717) is 0 Å². The van der Waals surface area contributed by atoms with Gasteiger partial charge in [0.1, 0.15) is 5.38 Å². The molecule has 2 heteroatoms. The van der Waals surface area contributed by atoms with E-state index in [1.807, 2.05) is 24.3 Å². The lowest BCUT2D eigenvalue weighted by Crippen LogP contribution is -2.01. The summed E-state index contributed by atoms with van der Waals surface area (Å²) in [6, 6.07) is 7.84. The lowest BCUT2D eigenvalue weighted by atomic mass is 10.1. The van der Waals surface area contributed by atoms with Crippen LogP contribution in [0, 0.1) is 0 Å². The maximum atomic E-state index is 11.0. The normalized spacial score (nSPS) is 12.5. The third-order valence-electron chi connectivity index (χ3n) is 2.04. The zero-order chi connectivity index (χ0) is 9.84. The highest BCUT2D eigenvalue weighted by Crippen LogP contribution is 2.21. The fourth-order valence-electron chi connectivity index (χ4n) is 1.16. The number of hydrogen-bond donors (Lipinski definition) is 0. The van der Waals surface area contributed by atoms with Gasteiger partial charge in [-0.25, -0.2) is 0 Å². The van der Waals surface area contributed by atoms with Gasteiger partial charge in [0.25, 0.3) is 0 Å². The van der Waals surface area contributed by atoms with Crippen molar-refractivity contribution in [1.29, 1.82) is 0 Å². The van der Waals surface area contributed by atoms with Crippen LogP contribution in [0.15, 0.2) is 24.3 Å². The van der Waals surface area contributed by atoms with Crippen LogP contribution >= 0.6 is 11.6 Å². The van der Waals surface area contributed by atoms with E-state index in [-0.39, 0.29) is 5.78 Å². The summed E-state index contributed by atoms with van der Waals surface area (Å²) >= 11 is 5.89. The maximum absolute atomic E-state index is 11.0. The standard InChI is InChI=1S/C11H13ClO/c1-3-9-4-6-10(7-5-9)11(12)8(2)13/h4-7,11H,3H2,1-2H3. The van der Waals surface area contributed by atoms with Gasteiger partial charge in [-0.1, -0.05) is 31.2 Å². The Morgan fingerprint density at radius 1 is 1.38 bits per heavy atom. The second-order valence-electron chi connectivity index (χ2n) is 3.07. The Kier molecular flexibility index (Phi) is 3.49. The quantitative estimate of drug-likeness (QED) is 0.679. The van der Waals surface area contributed by atoms with Crippen molar-refractivity contribution in [3.05, 3.63) is 35.4 Å². The zero-order valence-electron chi connectivity index (χ0n) is 7.88. The maximum Gasteiger partial charge on any atom is 0.152 e. The predicted molar refractivity (Wildman–Crippen MR) is 55.1 cm³/mol. The van der Waals surface area contributed by atoms with E-state index in [2.05, 4.69) is 6.92 Å². The molecular weight excluding hydrogens is 184 g/mol. The highest BCUT2D eigenvalue weighted by Gasteiger charge is 2.11. The summed E-state index contributed by atoms with van der Waals surface area (Å²) in [6.45, 7) is 3.60. The molecule has 0 saturated heterocycles. The van der Waals surface area contributed by atoms with E-state index in [1.54, 1.807) is 0 Å². The predicted octanol–water partition coefficient (Wildman–Crippen LogP) is 3.12. The van der Waals surface area contributed by atoms with Gasteiger partial charge in [-0.2, -0.15) is 0 Å². The van der Waals surface area contributed by atoms with Crippen LogP contribution in [0.25, 0.3) is 0 Å². The Bertz CT molecular complexity index is 289. The number of aryl methyl sites for hydroxylation is 1. The van der Waals surface area contributed by atoms with Gasteiger partial charge < -0.3 is 0 Å². The van der Waals surface area contributed by atoms with Crippen LogP contribution in [0.4, 0.5) is 0 Å². The molecule has 1 atom stereocenters. The summed E-state index contributed by atoms with van der Waals surface area (Å²) in [6.07, 6.45) is 1.01. The molecule has 1 aromatic carbocycles. The number of Topliss-reactive ketones (excluding diaryl/α,β-unsaturated/α-hetero) is 1. The Hall–Kier alpha value is -0.820. The Morgan fingerprint density at radius 3 is 2.31 bits per heavy atom. The van der Waals surface area contributed by atoms with E-state index in [9.17, 15) is 4.79 Å². The molecule has 0 bridgehead atoms. The molecule has 0 aliphatic heterocycles. The van der Waals surface area contributed by atoms with Crippen molar-refractivity contribution in [2.45, 2.75) is 25.6 Å². The minimum atomic E-state index is -0.495. The van der Waals surface area contributed by atoms with Crippen molar-refractivity contribution < 1.29 is 4.79 Å². The van der Waals surface area contributed by atoms with Gasteiger partial charge in [-0.3, -0.25) is 4.79 Å². The van der Waals surface area contributed by atoms with Crippen LogP contribution in [0.5, 0.6) is 0 Å². The molecule has 0 fully saturated rings. The van der Waals surface area contributed by atoms with Gasteiger partial charge in [0.05, 0.1) is 0 Å². The molecule has 1 aromatic rings. The molecule has 0 aliphatic carbocycles. The molecule has 13 heavy (non-hydrogen) atoms. The average Bonchev–Trinajstić information content (AvgIpc) is 2.17. The molecular formula is C11H13ClO. The number of hydrogen-bond acceptors (Lipinski definition) is 1. The Morgan fingerprint density at radius 2 is 1.92 bits per heavy atom. The first kappa shape index (κ1) is 10.3. The van der Waals surface area contributed by atoms with Crippen molar-refractivity contribution in [3.63, 3.8) is 0 Å². The number of ketones is 1.